The third-order valence-electron chi connectivity index (χ3n) is 4.44. The van der Waals surface area contributed by atoms with E-state index in [0.717, 1.165) is 13.1 Å². The number of fused-ring (bicyclic) bond motifs is 1. The maximum atomic E-state index is 12.1. The van der Waals surface area contributed by atoms with Crippen LogP contribution >= 0.6 is 0 Å². The fraction of sp³-hybridized carbons (Fsp3) is 0.476. The molecule has 150 valence electrons. The predicted octanol–water partition coefficient (Wildman–Crippen LogP) is 3.05. The third-order valence-corrected chi connectivity index (χ3v) is 4.44. The standard InChI is InChI=1S/C21H26N2O5/c1-21(2,3)28-20(25)23-12-10-22(11-13-23)9-5-6-16-18(26-4)8-7-15-17(24)14-27-19(15)16/h7-8,14,24H,9-13H2,1-4H3. The van der Waals surface area contributed by atoms with Gasteiger partial charge in [-0.25, -0.2) is 4.79 Å². The number of furan rings is 1. The molecule has 2 aromatic rings. The average Bonchev–Trinajstić information content (AvgIpc) is 3.02. The minimum Gasteiger partial charge on any atom is -0.504 e. The van der Waals surface area contributed by atoms with Gasteiger partial charge in [0.25, 0.3) is 0 Å². The van der Waals surface area contributed by atoms with Crippen LogP contribution in [0.2, 0.25) is 0 Å². The third kappa shape index (κ3) is 4.52. The quantitative estimate of drug-likeness (QED) is 0.800. The summed E-state index contributed by atoms with van der Waals surface area (Å²) in [6, 6.07) is 3.51. The second-order valence-corrected chi connectivity index (χ2v) is 7.69. The van der Waals surface area contributed by atoms with Gasteiger partial charge >= 0.3 is 6.09 Å². The molecule has 1 saturated heterocycles. The maximum absolute atomic E-state index is 12.1. The van der Waals surface area contributed by atoms with Crippen LogP contribution in [-0.4, -0.2) is 66.4 Å². The summed E-state index contributed by atoms with van der Waals surface area (Å²) in [6.45, 7) is 8.85. The van der Waals surface area contributed by atoms with E-state index in [4.69, 9.17) is 13.9 Å². The van der Waals surface area contributed by atoms with Crippen molar-refractivity contribution in [1.29, 1.82) is 0 Å². The number of benzene rings is 1. The number of hydrogen-bond acceptors (Lipinski definition) is 6. The molecule has 1 aromatic carbocycles. The Bertz CT molecular complexity index is 908. The van der Waals surface area contributed by atoms with Crippen molar-refractivity contribution < 1.29 is 23.8 Å². The van der Waals surface area contributed by atoms with E-state index in [2.05, 4.69) is 16.7 Å². The van der Waals surface area contributed by atoms with Gasteiger partial charge in [0.2, 0.25) is 0 Å². The largest absolute Gasteiger partial charge is 0.504 e. The molecule has 0 atom stereocenters. The summed E-state index contributed by atoms with van der Waals surface area (Å²) in [4.78, 5) is 16.0. The summed E-state index contributed by atoms with van der Waals surface area (Å²) in [5.41, 5.74) is 0.645. The van der Waals surface area contributed by atoms with Gasteiger partial charge in [0, 0.05) is 26.2 Å². The summed E-state index contributed by atoms with van der Waals surface area (Å²) < 4.78 is 16.2. The molecule has 0 radical (unpaired) electrons. The van der Waals surface area contributed by atoms with E-state index in [1.54, 1.807) is 24.1 Å². The number of hydrogen-bond donors (Lipinski definition) is 1. The van der Waals surface area contributed by atoms with Crippen LogP contribution in [0.5, 0.6) is 11.5 Å². The van der Waals surface area contributed by atoms with E-state index < -0.39 is 5.60 Å². The lowest BCUT2D eigenvalue weighted by Crippen LogP contribution is -2.50. The van der Waals surface area contributed by atoms with Crippen molar-refractivity contribution in [2.24, 2.45) is 0 Å². The molecule has 7 heteroatoms. The number of nitrogens with zero attached hydrogens (tertiary/aromatic N) is 2. The molecule has 0 unspecified atom stereocenters. The molecule has 1 aliphatic heterocycles. The second-order valence-electron chi connectivity index (χ2n) is 7.69. The molecule has 1 fully saturated rings. The van der Waals surface area contributed by atoms with Crippen LogP contribution in [0.3, 0.4) is 0 Å². The van der Waals surface area contributed by atoms with Crippen LogP contribution < -0.4 is 4.74 Å². The van der Waals surface area contributed by atoms with E-state index >= 15 is 0 Å². The molecular formula is C21H26N2O5. The number of aromatic hydroxyl groups is 1. The average molecular weight is 386 g/mol. The Morgan fingerprint density at radius 2 is 1.96 bits per heavy atom. The fourth-order valence-corrected chi connectivity index (χ4v) is 3.01. The van der Waals surface area contributed by atoms with Crippen LogP contribution in [-0.2, 0) is 4.74 Å². The Hall–Kier alpha value is -2.85. The van der Waals surface area contributed by atoms with Gasteiger partial charge in [-0.05, 0) is 32.9 Å². The van der Waals surface area contributed by atoms with E-state index in [1.807, 2.05) is 20.8 Å². The van der Waals surface area contributed by atoms with Crippen LogP contribution in [0.1, 0.15) is 26.3 Å². The summed E-state index contributed by atoms with van der Waals surface area (Å²) in [7, 11) is 1.57. The molecule has 28 heavy (non-hydrogen) atoms. The summed E-state index contributed by atoms with van der Waals surface area (Å²) in [5.74, 6) is 6.94. The van der Waals surface area contributed by atoms with Crippen molar-refractivity contribution in [3.05, 3.63) is 24.0 Å². The Morgan fingerprint density at radius 3 is 2.61 bits per heavy atom. The van der Waals surface area contributed by atoms with E-state index in [9.17, 15) is 9.90 Å². The zero-order valence-electron chi connectivity index (χ0n) is 16.7. The number of rotatable bonds is 2. The van der Waals surface area contributed by atoms with Crippen LogP contribution in [0.4, 0.5) is 4.79 Å². The van der Waals surface area contributed by atoms with E-state index in [0.29, 0.717) is 41.9 Å². The van der Waals surface area contributed by atoms with Crippen LogP contribution in [0.25, 0.3) is 11.0 Å². The zero-order valence-corrected chi connectivity index (χ0v) is 16.7. The molecule has 0 saturated carbocycles. The van der Waals surface area contributed by atoms with Crippen LogP contribution in [0.15, 0.2) is 22.8 Å². The molecule has 0 bridgehead atoms. The zero-order chi connectivity index (χ0) is 20.3. The molecular weight excluding hydrogens is 360 g/mol. The molecule has 3 rings (SSSR count). The number of piperazine rings is 1. The first-order chi connectivity index (χ1) is 13.3. The van der Waals surface area contributed by atoms with Gasteiger partial charge < -0.3 is 23.9 Å². The van der Waals surface area contributed by atoms with Crippen molar-refractivity contribution in [3.63, 3.8) is 0 Å². The van der Waals surface area contributed by atoms with Crippen molar-refractivity contribution in [2.45, 2.75) is 26.4 Å². The minimum absolute atomic E-state index is 0.0824. The van der Waals surface area contributed by atoms with Crippen molar-refractivity contribution >= 4 is 17.1 Å². The number of ether oxygens (including phenoxy) is 2. The van der Waals surface area contributed by atoms with Gasteiger partial charge in [0.05, 0.1) is 19.0 Å². The van der Waals surface area contributed by atoms with Crippen molar-refractivity contribution in [3.8, 4) is 23.3 Å². The van der Waals surface area contributed by atoms with Crippen molar-refractivity contribution in [1.82, 2.24) is 9.80 Å². The van der Waals surface area contributed by atoms with Gasteiger partial charge in [0.15, 0.2) is 11.3 Å². The van der Waals surface area contributed by atoms with Gasteiger partial charge in [-0.3, -0.25) is 4.90 Å². The Labute approximate surface area is 164 Å². The smallest absolute Gasteiger partial charge is 0.410 e. The lowest BCUT2D eigenvalue weighted by atomic mass is 10.1. The summed E-state index contributed by atoms with van der Waals surface area (Å²) in [6.07, 6.45) is 1.03. The lowest BCUT2D eigenvalue weighted by molar-refractivity contribution is 0.0155. The monoisotopic (exact) mass is 386 g/mol. The lowest BCUT2D eigenvalue weighted by Gasteiger charge is -2.34. The fourth-order valence-electron chi connectivity index (χ4n) is 3.01. The summed E-state index contributed by atoms with van der Waals surface area (Å²) >= 11 is 0. The van der Waals surface area contributed by atoms with E-state index in [1.165, 1.54) is 6.26 Å². The highest BCUT2D eigenvalue weighted by Gasteiger charge is 2.25. The van der Waals surface area contributed by atoms with E-state index in [-0.39, 0.29) is 11.8 Å². The first-order valence-corrected chi connectivity index (χ1v) is 9.25. The SMILES string of the molecule is COc1ccc2c(O)coc2c1C#CCN1CCN(C(=O)OC(C)(C)C)CC1. The predicted molar refractivity (Wildman–Crippen MR) is 106 cm³/mol. The van der Waals surface area contributed by atoms with Gasteiger partial charge in [-0.1, -0.05) is 11.8 Å². The van der Waals surface area contributed by atoms with Gasteiger partial charge in [-0.15, -0.1) is 0 Å². The molecule has 1 aromatic heterocycles. The molecule has 0 spiro atoms. The van der Waals surface area contributed by atoms with Gasteiger partial charge in [0.1, 0.15) is 23.2 Å². The molecule has 7 nitrogen and oxygen atoms in total. The first kappa shape index (κ1) is 19.9. The topological polar surface area (TPSA) is 75.4 Å². The minimum atomic E-state index is -0.486. The summed E-state index contributed by atoms with van der Waals surface area (Å²) in [5, 5.41) is 10.4. The number of methoxy groups -OCH3 is 1. The highest BCUT2D eigenvalue weighted by molar-refractivity contribution is 5.90. The Balaban J connectivity index is 1.62. The number of carbonyl (C=O) groups is 1. The maximum Gasteiger partial charge on any atom is 0.410 e. The Kier molecular flexibility index (Phi) is 5.71. The molecule has 1 aliphatic rings. The first-order valence-electron chi connectivity index (χ1n) is 9.25. The second kappa shape index (κ2) is 8.03. The van der Waals surface area contributed by atoms with Crippen molar-refractivity contribution in [2.75, 3.05) is 39.8 Å². The Morgan fingerprint density at radius 1 is 1.25 bits per heavy atom. The van der Waals surface area contributed by atoms with Crippen LogP contribution in [0, 0.1) is 11.8 Å². The normalized spacial score (nSPS) is 15.2. The number of carbonyl (C=O) groups excluding carboxylic acids is 1. The van der Waals surface area contributed by atoms with Gasteiger partial charge in [-0.2, -0.15) is 0 Å². The molecule has 1 N–H and O–H groups in total. The molecule has 2 heterocycles. The number of amides is 1. The highest BCUT2D eigenvalue weighted by Crippen LogP contribution is 2.33. The molecule has 0 aliphatic carbocycles. The molecule has 1 amide bonds. The highest BCUT2D eigenvalue weighted by atomic mass is 16.6.